The van der Waals surface area contributed by atoms with Crippen molar-refractivity contribution in [2.24, 2.45) is 5.92 Å². The summed E-state index contributed by atoms with van der Waals surface area (Å²) in [6.45, 7) is 2.43. The van der Waals surface area contributed by atoms with E-state index in [1.165, 1.54) is 0 Å². The minimum Gasteiger partial charge on any atom is -0.360 e. The number of likely N-dealkylation sites (N-methyl/N-ethyl adjacent to an activating group) is 1. The summed E-state index contributed by atoms with van der Waals surface area (Å²) in [6, 6.07) is 0. The molecule has 0 saturated carbocycles. The third kappa shape index (κ3) is 3.24. The summed E-state index contributed by atoms with van der Waals surface area (Å²) in [5, 5.41) is 6.72. The number of aryl methyl sites for hydroxylation is 1. The van der Waals surface area contributed by atoms with Gasteiger partial charge in [-0.1, -0.05) is 5.16 Å². The molecule has 2 aliphatic rings. The molecule has 0 spiro atoms. The number of amides is 2. The molecule has 3 rings (SSSR count). The van der Waals surface area contributed by atoms with E-state index in [2.05, 4.69) is 15.4 Å². The number of nitrogens with one attached hydrogen (secondary N) is 1. The van der Waals surface area contributed by atoms with Gasteiger partial charge in [0.25, 0.3) is 5.91 Å². The topological polar surface area (TPSA) is 78.7 Å². The van der Waals surface area contributed by atoms with Crippen LogP contribution in [0.5, 0.6) is 0 Å². The van der Waals surface area contributed by atoms with Crippen LogP contribution in [0.1, 0.15) is 34.7 Å². The van der Waals surface area contributed by atoms with Gasteiger partial charge in [0.15, 0.2) is 5.69 Å². The van der Waals surface area contributed by atoms with Crippen molar-refractivity contribution >= 4 is 11.8 Å². The second-order valence-electron chi connectivity index (χ2n) is 6.46. The van der Waals surface area contributed by atoms with Gasteiger partial charge in [0.2, 0.25) is 5.91 Å². The van der Waals surface area contributed by atoms with Crippen LogP contribution in [0.15, 0.2) is 4.52 Å². The maximum Gasteiger partial charge on any atom is 0.276 e. The Balaban J connectivity index is 1.80. The van der Waals surface area contributed by atoms with Gasteiger partial charge in [0.1, 0.15) is 5.76 Å². The lowest BCUT2D eigenvalue weighted by atomic mass is 9.96. The number of carbonyl (C=O) groups excluding carboxylic acids is 2. The van der Waals surface area contributed by atoms with Crippen LogP contribution in [-0.2, 0) is 17.6 Å². The molecule has 0 unspecified atom stereocenters. The average molecular weight is 320 g/mol. The molecular weight excluding hydrogens is 296 g/mol. The number of nitrogens with zero attached hydrogens (tertiary/aromatic N) is 3. The minimum atomic E-state index is -0.223. The van der Waals surface area contributed by atoms with E-state index in [-0.39, 0.29) is 17.7 Å². The fourth-order valence-corrected chi connectivity index (χ4v) is 3.43. The highest BCUT2D eigenvalue weighted by molar-refractivity contribution is 5.94. The number of hydrogen-bond acceptors (Lipinski definition) is 5. The smallest absolute Gasteiger partial charge is 0.276 e. The van der Waals surface area contributed by atoms with Crippen LogP contribution in [0.4, 0.5) is 0 Å². The third-order valence-electron chi connectivity index (χ3n) is 4.78. The molecule has 1 aromatic rings. The molecule has 0 aromatic carbocycles. The van der Waals surface area contributed by atoms with E-state index in [1.54, 1.807) is 11.9 Å². The largest absolute Gasteiger partial charge is 0.360 e. The number of rotatable bonds is 2. The summed E-state index contributed by atoms with van der Waals surface area (Å²) < 4.78 is 5.36. The maximum atomic E-state index is 12.9. The van der Waals surface area contributed by atoms with Crippen molar-refractivity contribution in [2.45, 2.75) is 25.7 Å². The number of fused-ring (bicyclic) bond motifs is 1. The monoisotopic (exact) mass is 320 g/mol. The Bertz CT molecular complexity index is 598. The SMILES string of the molecule is CNC(=O)[C@H]1CN(C)CCN(C(=O)c2noc3c2CCCC3)C1. The molecule has 1 aliphatic carbocycles. The minimum absolute atomic E-state index is 0.0290. The van der Waals surface area contributed by atoms with E-state index in [9.17, 15) is 9.59 Å². The molecule has 0 bridgehead atoms. The van der Waals surface area contributed by atoms with Gasteiger partial charge in [-0.05, 0) is 26.3 Å². The molecule has 7 heteroatoms. The Labute approximate surface area is 136 Å². The summed E-state index contributed by atoms with van der Waals surface area (Å²) in [5.41, 5.74) is 1.41. The van der Waals surface area contributed by atoms with Gasteiger partial charge >= 0.3 is 0 Å². The Morgan fingerprint density at radius 2 is 2.00 bits per heavy atom. The van der Waals surface area contributed by atoms with E-state index < -0.39 is 0 Å². The quantitative estimate of drug-likeness (QED) is 0.848. The first-order valence-electron chi connectivity index (χ1n) is 8.27. The van der Waals surface area contributed by atoms with Gasteiger partial charge in [0, 0.05) is 45.2 Å². The number of carbonyl (C=O) groups is 2. The Morgan fingerprint density at radius 3 is 2.78 bits per heavy atom. The van der Waals surface area contributed by atoms with Crippen LogP contribution in [0.2, 0.25) is 0 Å². The van der Waals surface area contributed by atoms with Gasteiger partial charge in [-0.3, -0.25) is 9.59 Å². The highest BCUT2D eigenvalue weighted by atomic mass is 16.5. The first-order chi connectivity index (χ1) is 11.1. The molecule has 1 saturated heterocycles. The summed E-state index contributed by atoms with van der Waals surface area (Å²) in [5.74, 6) is 0.494. The first kappa shape index (κ1) is 16.0. The maximum absolute atomic E-state index is 12.9. The zero-order valence-corrected chi connectivity index (χ0v) is 13.8. The normalized spacial score (nSPS) is 22.3. The zero-order valence-electron chi connectivity index (χ0n) is 13.8. The predicted octanol–water partition coefficient (Wildman–Crippen LogP) is 0.303. The van der Waals surface area contributed by atoms with E-state index in [4.69, 9.17) is 4.52 Å². The Hall–Kier alpha value is -1.89. The molecule has 2 heterocycles. The van der Waals surface area contributed by atoms with Crippen LogP contribution >= 0.6 is 0 Å². The molecule has 1 atom stereocenters. The molecule has 0 radical (unpaired) electrons. The molecule has 1 aliphatic heterocycles. The lowest BCUT2D eigenvalue weighted by molar-refractivity contribution is -0.125. The lowest BCUT2D eigenvalue weighted by Gasteiger charge is -2.23. The van der Waals surface area contributed by atoms with Gasteiger partial charge in [-0.25, -0.2) is 0 Å². The van der Waals surface area contributed by atoms with Crippen molar-refractivity contribution in [1.29, 1.82) is 0 Å². The van der Waals surface area contributed by atoms with Gasteiger partial charge in [-0.2, -0.15) is 0 Å². The number of aromatic nitrogens is 1. The van der Waals surface area contributed by atoms with Crippen LogP contribution < -0.4 is 5.32 Å². The molecule has 23 heavy (non-hydrogen) atoms. The highest BCUT2D eigenvalue weighted by Gasteiger charge is 2.32. The van der Waals surface area contributed by atoms with Gasteiger partial charge in [-0.15, -0.1) is 0 Å². The van der Waals surface area contributed by atoms with Crippen molar-refractivity contribution in [3.8, 4) is 0 Å². The molecule has 1 aromatic heterocycles. The fourth-order valence-electron chi connectivity index (χ4n) is 3.43. The second-order valence-corrected chi connectivity index (χ2v) is 6.46. The van der Waals surface area contributed by atoms with Crippen molar-refractivity contribution < 1.29 is 14.1 Å². The van der Waals surface area contributed by atoms with Crippen LogP contribution in [0.3, 0.4) is 0 Å². The van der Waals surface area contributed by atoms with Crippen LogP contribution in [0, 0.1) is 5.92 Å². The summed E-state index contributed by atoms with van der Waals surface area (Å²) in [6.07, 6.45) is 3.87. The summed E-state index contributed by atoms with van der Waals surface area (Å²) in [4.78, 5) is 28.8. The molecule has 1 N–H and O–H groups in total. The molecule has 7 nitrogen and oxygen atoms in total. The highest BCUT2D eigenvalue weighted by Crippen LogP contribution is 2.25. The summed E-state index contributed by atoms with van der Waals surface area (Å²) in [7, 11) is 3.61. The van der Waals surface area contributed by atoms with E-state index in [0.29, 0.717) is 25.3 Å². The van der Waals surface area contributed by atoms with E-state index in [0.717, 1.165) is 43.6 Å². The van der Waals surface area contributed by atoms with Gasteiger partial charge < -0.3 is 19.6 Å². The molecule has 1 fully saturated rings. The van der Waals surface area contributed by atoms with Crippen LogP contribution in [0.25, 0.3) is 0 Å². The molecular formula is C16H24N4O3. The second kappa shape index (κ2) is 6.70. The average Bonchev–Trinajstić information content (AvgIpc) is 2.90. The van der Waals surface area contributed by atoms with Crippen molar-refractivity contribution in [2.75, 3.05) is 40.3 Å². The van der Waals surface area contributed by atoms with Crippen LogP contribution in [-0.4, -0.2) is 67.0 Å². The van der Waals surface area contributed by atoms with Gasteiger partial charge in [0.05, 0.1) is 5.92 Å². The fraction of sp³-hybridized carbons (Fsp3) is 0.688. The van der Waals surface area contributed by atoms with E-state index in [1.807, 2.05) is 7.05 Å². The van der Waals surface area contributed by atoms with E-state index >= 15 is 0 Å². The molecule has 2 amide bonds. The first-order valence-corrected chi connectivity index (χ1v) is 8.27. The standard InChI is InChI=1S/C16H24N4O3/c1-17-15(21)11-9-19(2)7-8-20(10-11)16(22)14-12-5-3-4-6-13(12)23-18-14/h11H,3-10H2,1-2H3,(H,17,21)/t11-/m0/s1. The predicted molar refractivity (Wildman–Crippen MR) is 84.1 cm³/mol. The zero-order chi connectivity index (χ0) is 16.4. The number of hydrogen-bond donors (Lipinski definition) is 1. The third-order valence-corrected chi connectivity index (χ3v) is 4.78. The molecule has 126 valence electrons. The Kier molecular flexibility index (Phi) is 4.66. The van der Waals surface area contributed by atoms with Crippen molar-refractivity contribution in [1.82, 2.24) is 20.3 Å². The Morgan fingerprint density at radius 1 is 1.22 bits per heavy atom. The van der Waals surface area contributed by atoms with Crippen molar-refractivity contribution in [3.05, 3.63) is 17.0 Å². The van der Waals surface area contributed by atoms with Crippen molar-refractivity contribution in [3.63, 3.8) is 0 Å². The lowest BCUT2D eigenvalue weighted by Crippen LogP contribution is -2.41. The summed E-state index contributed by atoms with van der Waals surface area (Å²) >= 11 is 0.